The van der Waals surface area contributed by atoms with Crippen molar-refractivity contribution in [2.75, 3.05) is 0 Å². The average molecular weight is 447 g/mol. The molecular weight excluding hydrogens is 431 g/mol. The van der Waals surface area contributed by atoms with Crippen molar-refractivity contribution in [3.8, 4) is 5.75 Å². The predicted molar refractivity (Wildman–Crippen MR) is 121 cm³/mol. The van der Waals surface area contributed by atoms with Crippen LogP contribution in [-0.2, 0) is 0 Å². The van der Waals surface area contributed by atoms with Gasteiger partial charge in [0.05, 0.1) is 0 Å². The molecule has 0 aliphatic heterocycles. The summed E-state index contributed by atoms with van der Waals surface area (Å²) in [5.74, 6) is 0.767. The van der Waals surface area contributed by atoms with Crippen molar-refractivity contribution in [2.24, 2.45) is 0 Å². The summed E-state index contributed by atoms with van der Waals surface area (Å²) in [6, 6.07) is 32.9. The normalized spacial score (nSPS) is 11.4. The van der Waals surface area contributed by atoms with E-state index in [1.807, 2.05) is 36.4 Å². The van der Waals surface area contributed by atoms with Crippen LogP contribution in [0.4, 0.5) is 0 Å². The molecule has 0 saturated heterocycles. The van der Waals surface area contributed by atoms with Gasteiger partial charge in [-0.1, -0.05) is 88.7 Å². The van der Waals surface area contributed by atoms with Crippen LogP contribution in [0, 0.1) is 0 Å². The van der Waals surface area contributed by atoms with E-state index in [0.717, 1.165) is 32.2 Å². The van der Waals surface area contributed by atoms with Gasteiger partial charge in [0.2, 0.25) is 0 Å². The molecule has 5 aromatic rings. The fraction of sp³-hybridized carbons (Fsp3) is 0. The molecule has 136 valence electrons. The Morgan fingerprint density at radius 2 is 1.36 bits per heavy atom. The van der Waals surface area contributed by atoms with Gasteiger partial charge in [-0.2, -0.15) is 0 Å². The standard InChI is InChI=1S/C24H16BrO2P/c25-17-14-15-22-21(16-17)20-12-7-13-23(24(20)26-22)27-28(18-8-3-1-4-9-18)19-10-5-2-6-11-19/h1-16H. The zero-order valence-electron chi connectivity index (χ0n) is 14.9. The number of furan rings is 1. The molecule has 2 nitrogen and oxygen atoms in total. The summed E-state index contributed by atoms with van der Waals surface area (Å²) in [5, 5.41) is 4.47. The summed E-state index contributed by atoms with van der Waals surface area (Å²) in [6.45, 7) is 0. The van der Waals surface area contributed by atoms with Gasteiger partial charge in [-0.05, 0) is 24.3 Å². The fourth-order valence-electron chi connectivity index (χ4n) is 3.30. The Labute approximate surface area is 172 Å². The zero-order chi connectivity index (χ0) is 18.9. The fourth-order valence-corrected chi connectivity index (χ4v) is 5.39. The van der Waals surface area contributed by atoms with Crippen molar-refractivity contribution in [3.63, 3.8) is 0 Å². The van der Waals surface area contributed by atoms with E-state index in [1.54, 1.807) is 0 Å². The first-order chi connectivity index (χ1) is 13.8. The molecule has 0 N–H and O–H groups in total. The largest absolute Gasteiger partial charge is 0.461 e. The van der Waals surface area contributed by atoms with Crippen LogP contribution in [0.1, 0.15) is 0 Å². The Morgan fingerprint density at radius 3 is 2.04 bits per heavy atom. The number of benzene rings is 4. The minimum absolute atomic E-state index is 0.767. The summed E-state index contributed by atoms with van der Waals surface area (Å²) in [6.07, 6.45) is 0. The molecule has 0 atom stereocenters. The molecule has 0 unspecified atom stereocenters. The Bertz CT molecular complexity index is 1210. The number of hydrogen-bond acceptors (Lipinski definition) is 2. The van der Waals surface area contributed by atoms with E-state index in [2.05, 4.69) is 76.6 Å². The van der Waals surface area contributed by atoms with Crippen molar-refractivity contribution < 1.29 is 8.94 Å². The second kappa shape index (κ2) is 7.43. The topological polar surface area (TPSA) is 22.4 Å². The summed E-state index contributed by atoms with van der Waals surface area (Å²) >= 11 is 3.55. The highest BCUT2D eigenvalue weighted by Crippen LogP contribution is 2.42. The van der Waals surface area contributed by atoms with Gasteiger partial charge in [-0.3, -0.25) is 0 Å². The van der Waals surface area contributed by atoms with Gasteiger partial charge in [0.1, 0.15) is 5.58 Å². The first-order valence-electron chi connectivity index (χ1n) is 8.98. The third kappa shape index (κ3) is 3.22. The van der Waals surface area contributed by atoms with Gasteiger partial charge in [0.25, 0.3) is 0 Å². The van der Waals surface area contributed by atoms with E-state index in [-0.39, 0.29) is 0 Å². The van der Waals surface area contributed by atoms with Crippen LogP contribution in [0.15, 0.2) is 106 Å². The first-order valence-corrected chi connectivity index (χ1v) is 11.0. The summed E-state index contributed by atoms with van der Waals surface area (Å²) in [5.41, 5.74) is 1.65. The SMILES string of the molecule is Brc1ccc2oc3c(OP(c4ccccc4)c4ccccc4)cccc3c2c1. The van der Waals surface area contributed by atoms with Crippen LogP contribution in [0.2, 0.25) is 0 Å². The lowest BCUT2D eigenvalue weighted by Gasteiger charge is -2.19. The van der Waals surface area contributed by atoms with Crippen LogP contribution in [0.5, 0.6) is 5.75 Å². The second-order valence-electron chi connectivity index (χ2n) is 6.43. The van der Waals surface area contributed by atoms with Crippen molar-refractivity contribution >= 4 is 56.6 Å². The summed E-state index contributed by atoms with van der Waals surface area (Å²) in [4.78, 5) is 0. The minimum Gasteiger partial charge on any atom is -0.461 e. The lowest BCUT2D eigenvalue weighted by molar-refractivity contribution is 0.596. The molecular formula is C24H16BrO2P. The summed E-state index contributed by atoms with van der Waals surface area (Å²) < 4.78 is 13.8. The Kier molecular flexibility index (Phi) is 4.64. The number of halogens is 1. The molecule has 0 amide bonds. The number of fused-ring (bicyclic) bond motifs is 3. The van der Waals surface area contributed by atoms with Crippen LogP contribution < -0.4 is 15.1 Å². The second-order valence-corrected chi connectivity index (χ2v) is 9.15. The quantitative estimate of drug-likeness (QED) is 0.284. The third-order valence-electron chi connectivity index (χ3n) is 4.59. The Hall–Kier alpha value is -2.61. The molecule has 0 aliphatic rings. The van der Waals surface area contributed by atoms with Crippen LogP contribution in [-0.4, -0.2) is 0 Å². The van der Waals surface area contributed by atoms with E-state index in [9.17, 15) is 0 Å². The van der Waals surface area contributed by atoms with Crippen molar-refractivity contribution in [1.82, 2.24) is 0 Å². The van der Waals surface area contributed by atoms with Gasteiger partial charge in [-0.15, -0.1) is 0 Å². The maximum Gasteiger partial charge on any atom is 0.177 e. The maximum atomic E-state index is 6.62. The first kappa shape index (κ1) is 17.5. The van der Waals surface area contributed by atoms with E-state index in [4.69, 9.17) is 8.94 Å². The Balaban J connectivity index is 1.65. The minimum atomic E-state index is -1.01. The molecule has 1 heterocycles. The van der Waals surface area contributed by atoms with E-state index in [1.165, 1.54) is 10.6 Å². The van der Waals surface area contributed by atoms with Crippen molar-refractivity contribution in [3.05, 3.63) is 102 Å². The highest BCUT2D eigenvalue weighted by atomic mass is 79.9. The van der Waals surface area contributed by atoms with Gasteiger partial charge in [0.15, 0.2) is 19.5 Å². The Morgan fingerprint density at radius 1 is 0.679 bits per heavy atom. The molecule has 0 radical (unpaired) electrons. The molecule has 0 saturated carbocycles. The highest BCUT2D eigenvalue weighted by Gasteiger charge is 2.20. The molecule has 4 heteroatoms. The van der Waals surface area contributed by atoms with Gasteiger partial charge in [0, 0.05) is 25.9 Å². The van der Waals surface area contributed by atoms with E-state index < -0.39 is 8.15 Å². The smallest absolute Gasteiger partial charge is 0.177 e. The van der Waals surface area contributed by atoms with Crippen molar-refractivity contribution in [1.29, 1.82) is 0 Å². The summed E-state index contributed by atoms with van der Waals surface area (Å²) in [7, 11) is -1.01. The molecule has 0 spiro atoms. The molecule has 4 aromatic carbocycles. The monoisotopic (exact) mass is 446 g/mol. The molecule has 0 fully saturated rings. The molecule has 28 heavy (non-hydrogen) atoms. The molecule has 0 aliphatic carbocycles. The van der Waals surface area contributed by atoms with E-state index in [0.29, 0.717) is 0 Å². The third-order valence-corrected chi connectivity index (χ3v) is 7.00. The molecule has 0 bridgehead atoms. The van der Waals surface area contributed by atoms with Gasteiger partial charge in [-0.25, -0.2) is 0 Å². The van der Waals surface area contributed by atoms with Crippen LogP contribution in [0.3, 0.4) is 0 Å². The molecule has 5 rings (SSSR count). The zero-order valence-corrected chi connectivity index (χ0v) is 17.4. The lowest BCUT2D eigenvalue weighted by Crippen LogP contribution is -2.15. The van der Waals surface area contributed by atoms with Crippen molar-refractivity contribution in [2.45, 2.75) is 0 Å². The average Bonchev–Trinajstić information content (AvgIpc) is 3.12. The lowest BCUT2D eigenvalue weighted by atomic mass is 10.1. The van der Waals surface area contributed by atoms with Gasteiger partial charge < -0.3 is 8.94 Å². The predicted octanol–water partition coefficient (Wildman–Crippen LogP) is 6.78. The number of para-hydroxylation sites is 1. The number of hydrogen-bond donors (Lipinski definition) is 0. The molecule has 1 aromatic heterocycles. The highest BCUT2D eigenvalue weighted by molar-refractivity contribution is 9.10. The van der Waals surface area contributed by atoms with E-state index >= 15 is 0 Å². The van der Waals surface area contributed by atoms with Crippen LogP contribution >= 0.6 is 24.1 Å². The van der Waals surface area contributed by atoms with Crippen LogP contribution in [0.25, 0.3) is 21.9 Å². The van der Waals surface area contributed by atoms with Gasteiger partial charge >= 0.3 is 0 Å². The number of rotatable bonds is 4. The maximum absolute atomic E-state index is 6.62.